The van der Waals surface area contributed by atoms with Gasteiger partial charge in [-0.15, -0.1) is 0 Å². The first kappa shape index (κ1) is 24.3. The lowest BCUT2D eigenvalue weighted by Gasteiger charge is -2.20. The van der Waals surface area contributed by atoms with E-state index in [0.29, 0.717) is 18.3 Å². The summed E-state index contributed by atoms with van der Waals surface area (Å²) in [5, 5.41) is 2.80. The molecule has 1 amide bonds. The number of aliphatic imine (C=N–C) groups is 1. The number of rotatable bonds is 10. The number of benzene rings is 1. The van der Waals surface area contributed by atoms with Gasteiger partial charge in [0.15, 0.2) is 0 Å². The van der Waals surface area contributed by atoms with E-state index >= 15 is 0 Å². The average Bonchev–Trinajstić information content (AvgIpc) is 3.58. The summed E-state index contributed by atoms with van der Waals surface area (Å²) in [6.45, 7) is 0.974. The van der Waals surface area contributed by atoms with Crippen molar-refractivity contribution in [3.8, 4) is 0 Å². The molecule has 33 heavy (non-hydrogen) atoms. The highest BCUT2D eigenvalue weighted by Gasteiger charge is 2.23. The number of anilines is 1. The third-order valence-corrected chi connectivity index (χ3v) is 4.95. The van der Waals surface area contributed by atoms with E-state index in [2.05, 4.69) is 15.3 Å². The number of hydrogen-bond acceptors (Lipinski definition) is 5. The molecule has 0 unspecified atom stereocenters. The van der Waals surface area contributed by atoms with Gasteiger partial charge in [0.05, 0.1) is 12.6 Å². The molecule has 3 N–H and O–H groups in total. The van der Waals surface area contributed by atoms with Gasteiger partial charge in [-0.05, 0) is 55.3 Å². The number of alkyl halides is 2. The van der Waals surface area contributed by atoms with Crippen molar-refractivity contribution in [3.05, 3.63) is 71.7 Å². The zero-order valence-electron chi connectivity index (χ0n) is 18.8. The minimum atomic E-state index is -2.74. The van der Waals surface area contributed by atoms with Crippen LogP contribution >= 0.6 is 0 Å². The Morgan fingerprint density at radius 3 is 2.67 bits per heavy atom. The third-order valence-electron chi connectivity index (χ3n) is 4.95. The Balaban J connectivity index is 1.60. The summed E-state index contributed by atoms with van der Waals surface area (Å²) in [4.78, 5) is 22.6. The van der Waals surface area contributed by atoms with Crippen LogP contribution in [0.1, 0.15) is 36.5 Å². The van der Waals surface area contributed by atoms with E-state index in [1.54, 1.807) is 60.9 Å². The topological polar surface area (TPSA) is 83.6 Å². The number of hydrogen-bond donors (Lipinski definition) is 2. The second kappa shape index (κ2) is 11.0. The number of allylic oxidation sites excluding steroid dienone is 1. The number of halogens is 2. The molecule has 8 heteroatoms. The molecule has 0 radical (unpaired) electrons. The van der Waals surface area contributed by atoms with E-state index in [0.717, 1.165) is 42.0 Å². The standard InChI is InChI=1S/C25H29F2N5O/c1-25(26,27)17-32(2)16-18-3-6-22(7-4-18)31-24(33)10-5-19-14-29-12-11-23(19)20(13-28)15-30-21-8-9-21/h3-7,10-15,21H,8-9,16-17,28H2,1-2H3,(H,31,33)/b10-5+,20-13?,30-15?. The van der Waals surface area contributed by atoms with Gasteiger partial charge in [-0.3, -0.25) is 19.7 Å². The fourth-order valence-electron chi connectivity index (χ4n) is 3.30. The Kier molecular flexibility index (Phi) is 8.06. The SMILES string of the molecule is CN(Cc1ccc(NC(=O)/C=C/c2cnccc2C(C=NC2CC2)=CN)cc1)CC(C)(F)F. The lowest BCUT2D eigenvalue weighted by Crippen LogP contribution is -2.31. The molecule has 1 aliphatic carbocycles. The van der Waals surface area contributed by atoms with Crippen molar-refractivity contribution < 1.29 is 13.6 Å². The molecule has 0 saturated heterocycles. The van der Waals surface area contributed by atoms with Crippen molar-refractivity contribution in [3.63, 3.8) is 0 Å². The molecule has 1 heterocycles. The molecular formula is C25H29F2N5O. The number of aromatic nitrogens is 1. The number of pyridine rings is 1. The molecule has 0 aliphatic heterocycles. The van der Waals surface area contributed by atoms with Crippen LogP contribution in [0.4, 0.5) is 14.5 Å². The van der Waals surface area contributed by atoms with Crippen molar-refractivity contribution in [2.75, 3.05) is 18.9 Å². The van der Waals surface area contributed by atoms with Crippen LogP contribution in [-0.4, -0.2) is 47.6 Å². The molecule has 174 valence electrons. The number of amides is 1. The normalized spacial score (nSPS) is 15.0. The Morgan fingerprint density at radius 1 is 1.30 bits per heavy atom. The maximum atomic E-state index is 13.1. The van der Waals surface area contributed by atoms with Crippen molar-refractivity contribution in [1.82, 2.24) is 9.88 Å². The molecule has 3 rings (SSSR count). The summed E-state index contributed by atoms with van der Waals surface area (Å²) < 4.78 is 26.3. The minimum Gasteiger partial charge on any atom is -0.404 e. The third kappa shape index (κ3) is 8.23. The molecule has 1 aromatic heterocycles. The Labute approximate surface area is 192 Å². The molecule has 0 bridgehead atoms. The van der Waals surface area contributed by atoms with Gasteiger partial charge >= 0.3 is 0 Å². The molecule has 1 saturated carbocycles. The summed E-state index contributed by atoms with van der Waals surface area (Å²) >= 11 is 0. The van der Waals surface area contributed by atoms with E-state index in [1.807, 2.05) is 6.07 Å². The highest BCUT2D eigenvalue weighted by molar-refractivity contribution is 6.11. The summed E-state index contributed by atoms with van der Waals surface area (Å²) in [5.74, 6) is -3.04. The van der Waals surface area contributed by atoms with E-state index < -0.39 is 5.92 Å². The number of nitrogens with zero attached hydrogens (tertiary/aromatic N) is 3. The lowest BCUT2D eigenvalue weighted by molar-refractivity contribution is -0.111. The Hall–Kier alpha value is -3.39. The summed E-state index contributed by atoms with van der Waals surface area (Å²) in [7, 11) is 1.65. The lowest BCUT2D eigenvalue weighted by atomic mass is 10.0. The first-order valence-electron chi connectivity index (χ1n) is 10.8. The van der Waals surface area contributed by atoms with Crippen LogP contribution in [-0.2, 0) is 11.3 Å². The highest BCUT2D eigenvalue weighted by Crippen LogP contribution is 2.25. The molecule has 0 spiro atoms. The second-order valence-corrected chi connectivity index (χ2v) is 8.36. The number of nitrogens with two attached hydrogens (primary N) is 1. The van der Waals surface area contributed by atoms with E-state index in [9.17, 15) is 13.6 Å². The van der Waals surface area contributed by atoms with Gasteiger partial charge in [-0.25, -0.2) is 8.78 Å². The maximum Gasteiger partial charge on any atom is 0.257 e. The van der Waals surface area contributed by atoms with E-state index in [-0.39, 0.29) is 12.5 Å². The number of carbonyl (C=O) groups is 1. The van der Waals surface area contributed by atoms with Crippen molar-refractivity contribution >= 4 is 29.5 Å². The first-order valence-corrected chi connectivity index (χ1v) is 10.8. The largest absolute Gasteiger partial charge is 0.404 e. The molecule has 2 aromatic rings. The van der Waals surface area contributed by atoms with Gasteiger partial charge in [-0.1, -0.05) is 12.1 Å². The molecule has 6 nitrogen and oxygen atoms in total. The monoisotopic (exact) mass is 453 g/mol. The van der Waals surface area contributed by atoms with Gasteiger partial charge in [0.2, 0.25) is 5.91 Å². The van der Waals surface area contributed by atoms with Crippen LogP contribution in [0.25, 0.3) is 11.6 Å². The fourth-order valence-corrected chi connectivity index (χ4v) is 3.30. The number of carbonyl (C=O) groups excluding carboxylic acids is 1. The van der Waals surface area contributed by atoms with Crippen LogP contribution in [0.15, 0.2) is 60.0 Å². The molecule has 1 aliphatic rings. The van der Waals surface area contributed by atoms with Gasteiger partial charge in [0.25, 0.3) is 5.92 Å². The Bertz CT molecular complexity index is 1040. The van der Waals surface area contributed by atoms with Crippen LogP contribution < -0.4 is 11.1 Å². The Morgan fingerprint density at radius 2 is 2.03 bits per heavy atom. The summed E-state index contributed by atoms with van der Waals surface area (Å²) in [5.41, 5.74) is 9.64. The zero-order chi connectivity index (χ0) is 23.8. The van der Waals surface area contributed by atoms with Crippen molar-refractivity contribution in [2.45, 2.75) is 38.3 Å². The summed E-state index contributed by atoms with van der Waals surface area (Å²) in [6, 6.07) is 9.32. The first-order chi connectivity index (χ1) is 15.7. The van der Waals surface area contributed by atoms with Crippen LogP contribution in [0.3, 0.4) is 0 Å². The van der Waals surface area contributed by atoms with Crippen LogP contribution in [0.2, 0.25) is 0 Å². The van der Waals surface area contributed by atoms with Gasteiger partial charge in [0.1, 0.15) is 0 Å². The van der Waals surface area contributed by atoms with Gasteiger partial charge in [-0.2, -0.15) is 0 Å². The highest BCUT2D eigenvalue weighted by atomic mass is 19.3. The molecule has 1 fully saturated rings. The van der Waals surface area contributed by atoms with E-state index in [1.165, 1.54) is 12.3 Å². The second-order valence-electron chi connectivity index (χ2n) is 8.36. The zero-order valence-corrected chi connectivity index (χ0v) is 18.8. The van der Waals surface area contributed by atoms with Gasteiger partial charge < -0.3 is 11.1 Å². The molecular weight excluding hydrogens is 424 g/mol. The number of nitrogens with one attached hydrogen (secondary N) is 1. The minimum absolute atomic E-state index is 0.301. The van der Waals surface area contributed by atoms with Crippen molar-refractivity contribution in [2.24, 2.45) is 10.7 Å². The predicted molar refractivity (Wildman–Crippen MR) is 129 cm³/mol. The van der Waals surface area contributed by atoms with Crippen LogP contribution in [0.5, 0.6) is 0 Å². The summed E-state index contributed by atoms with van der Waals surface area (Å²) in [6.07, 6.45) is 11.9. The van der Waals surface area contributed by atoms with Gasteiger partial charge in [0, 0.05) is 61.2 Å². The quantitative estimate of drug-likeness (QED) is 0.414. The average molecular weight is 454 g/mol. The molecule has 0 atom stereocenters. The van der Waals surface area contributed by atoms with Crippen LogP contribution in [0, 0.1) is 0 Å². The maximum absolute atomic E-state index is 13.1. The predicted octanol–water partition coefficient (Wildman–Crippen LogP) is 4.35. The van der Waals surface area contributed by atoms with E-state index in [4.69, 9.17) is 5.73 Å². The fraction of sp³-hybridized carbons (Fsp3) is 0.320. The van der Waals surface area contributed by atoms with Crippen molar-refractivity contribution in [1.29, 1.82) is 0 Å². The smallest absolute Gasteiger partial charge is 0.257 e. The molecule has 1 aromatic carbocycles.